The average Bonchev–Trinajstić information content (AvgIpc) is 3.22. The first-order chi connectivity index (χ1) is 14.3. The van der Waals surface area contributed by atoms with Crippen LogP contribution in [0, 0.1) is 0 Å². The van der Waals surface area contributed by atoms with Crippen LogP contribution in [0.1, 0.15) is 32.4 Å². The van der Waals surface area contributed by atoms with Gasteiger partial charge in [0, 0.05) is 51.7 Å². The first kappa shape index (κ1) is 21.8. The molecule has 0 bridgehead atoms. The van der Waals surface area contributed by atoms with Crippen LogP contribution in [0.25, 0.3) is 0 Å². The van der Waals surface area contributed by atoms with Crippen molar-refractivity contribution in [2.45, 2.75) is 32.4 Å². The topological polar surface area (TPSA) is 79.7 Å². The van der Waals surface area contributed by atoms with E-state index in [1.165, 1.54) is 0 Å². The van der Waals surface area contributed by atoms with Crippen molar-refractivity contribution in [3.05, 3.63) is 54.4 Å². The fourth-order valence-corrected chi connectivity index (χ4v) is 3.41. The summed E-state index contributed by atoms with van der Waals surface area (Å²) < 4.78 is 7.10. The van der Waals surface area contributed by atoms with E-state index < -0.39 is 11.6 Å². The maximum absolute atomic E-state index is 12.9. The zero-order valence-corrected chi connectivity index (χ0v) is 18.0. The highest BCUT2D eigenvalue weighted by Crippen LogP contribution is 2.17. The molecule has 0 radical (unpaired) electrons. The molecule has 2 amide bonds. The van der Waals surface area contributed by atoms with E-state index in [0.29, 0.717) is 19.6 Å². The Labute approximate surface area is 177 Å². The van der Waals surface area contributed by atoms with Gasteiger partial charge in [-0.25, -0.2) is 4.79 Å². The summed E-state index contributed by atoms with van der Waals surface area (Å²) in [6.45, 7) is 9.66. The Morgan fingerprint density at radius 1 is 1.10 bits per heavy atom. The van der Waals surface area contributed by atoms with E-state index in [9.17, 15) is 9.59 Å². The summed E-state index contributed by atoms with van der Waals surface area (Å²) in [6.07, 6.45) is 3.21. The summed E-state index contributed by atoms with van der Waals surface area (Å²) in [4.78, 5) is 29.0. The van der Waals surface area contributed by atoms with Crippen LogP contribution in [0.4, 0.5) is 4.79 Å². The maximum Gasteiger partial charge on any atom is 0.410 e. The molecule has 1 saturated heterocycles. The first-order valence-electron chi connectivity index (χ1n) is 10.4. The molecule has 1 fully saturated rings. The summed E-state index contributed by atoms with van der Waals surface area (Å²) >= 11 is 0. The Morgan fingerprint density at radius 3 is 2.40 bits per heavy atom. The summed E-state index contributed by atoms with van der Waals surface area (Å²) in [7, 11) is 0. The molecule has 3 rings (SSSR count). The Balaban J connectivity index is 1.47. The van der Waals surface area contributed by atoms with Crippen LogP contribution in [0.15, 0.2) is 48.8 Å². The van der Waals surface area contributed by atoms with Crippen molar-refractivity contribution in [2.75, 3.05) is 39.3 Å². The minimum absolute atomic E-state index is 0.0858. The number of nitrogens with one attached hydrogen (secondary N) is 1. The molecule has 1 atom stereocenters. The van der Waals surface area contributed by atoms with Crippen LogP contribution in [0.3, 0.4) is 0 Å². The molecular formula is C22H31N5O3. The van der Waals surface area contributed by atoms with Gasteiger partial charge in [-0.1, -0.05) is 30.3 Å². The van der Waals surface area contributed by atoms with Crippen molar-refractivity contribution >= 4 is 12.0 Å². The van der Waals surface area contributed by atoms with E-state index in [2.05, 4.69) is 15.3 Å². The van der Waals surface area contributed by atoms with Crippen molar-refractivity contribution in [3.63, 3.8) is 0 Å². The zero-order valence-electron chi connectivity index (χ0n) is 18.0. The minimum Gasteiger partial charge on any atom is -0.444 e. The normalized spacial score (nSPS) is 16.2. The van der Waals surface area contributed by atoms with Crippen molar-refractivity contribution in [3.8, 4) is 0 Å². The Hall–Kier alpha value is -2.87. The number of hydrogen-bond donors (Lipinski definition) is 1. The number of hydrogen-bond acceptors (Lipinski definition) is 5. The monoisotopic (exact) mass is 413 g/mol. The fourth-order valence-electron chi connectivity index (χ4n) is 3.41. The van der Waals surface area contributed by atoms with Crippen LogP contribution in [-0.2, 0) is 9.53 Å². The predicted octanol–water partition coefficient (Wildman–Crippen LogP) is 2.14. The molecule has 162 valence electrons. The molecule has 0 aliphatic carbocycles. The highest BCUT2D eigenvalue weighted by molar-refractivity contribution is 5.83. The number of carbonyl (C=O) groups excluding carboxylic acids is 2. The predicted molar refractivity (Wildman–Crippen MR) is 114 cm³/mol. The molecule has 1 aliphatic heterocycles. The lowest BCUT2D eigenvalue weighted by Gasteiger charge is -2.35. The van der Waals surface area contributed by atoms with Crippen LogP contribution in [0.2, 0.25) is 0 Å². The molecule has 1 N–H and O–H groups in total. The molecule has 8 nitrogen and oxygen atoms in total. The van der Waals surface area contributed by atoms with Crippen LogP contribution in [0.5, 0.6) is 0 Å². The number of benzene rings is 1. The number of piperazine rings is 1. The Bertz CT molecular complexity index is 809. The van der Waals surface area contributed by atoms with Crippen LogP contribution < -0.4 is 5.32 Å². The molecule has 1 aliphatic rings. The lowest BCUT2D eigenvalue weighted by molar-refractivity contribution is -0.123. The van der Waals surface area contributed by atoms with Crippen molar-refractivity contribution in [1.29, 1.82) is 0 Å². The summed E-state index contributed by atoms with van der Waals surface area (Å²) in [6, 6.07) is 11.0. The number of ether oxygens (including phenoxy) is 1. The molecule has 2 heterocycles. The standard InChI is InChI=1S/C22H31N5O3/c1-22(2,3)30-21(29)26-16-14-25(15-17-26)13-11-23-20(28)19(27-12-7-10-24-27)18-8-5-4-6-9-18/h4-10,12,19H,11,13-17H2,1-3H3,(H,23,28). The van der Waals surface area contributed by atoms with E-state index in [1.54, 1.807) is 22.0 Å². The molecule has 1 unspecified atom stereocenters. The smallest absolute Gasteiger partial charge is 0.410 e. The molecule has 1 aromatic carbocycles. The van der Waals surface area contributed by atoms with Gasteiger partial charge in [-0.3, -0.25) is 14.4 Å². The van der Waals surface area contributed by atoms with E-state index in [1.807, 2.05) is 57.2 Å². The van der Waals surface area contributed by atoms with Crippen molar-refractivity contribution in [1.82, 2.24) is 24.9 Å². The number of nitrogens with zero attached hydrogens (tertiary/aromatic N) is 4. The van der Waals surface area contributed by atoms with Gasteiger partial charge in [-0.2, -0.15) is 5.10 Å². The Kier molecular flexibility index (Phi) is 7.10. The van der Waals surface area contributed by atoms with Gasteiger partial charge in [0.25, 0.3) is 0 Å². The molecule has 8 heteroatoms. The summed E-state index contributed by atoms with van der Waals surface area (Å²) in [5.41, 5.74) is 0.409. The highest BCUT2D eigenvalue weighted by Gasteiger charge is 2.26. The van der Waals surface area contributed by atoms with Crippen molar-refractivity contribution < 1.29 is 14.3 Å². The highest BCUT2D eigenvalue weighted by atomic mass is 16.6. The lowest BCUT2D eigenvalue weighted by atomic mass is 10.1. The van der Waals surface area contributed by atoms with Gasteiger partial charge in [0.2, 0.25) is 5.91 Å². The fraction of sp³-hybridized carbons (Fsp3) is 0.500. The lowest BCUT2D eigenvalue weighted by Crippen LogP contribution is -2.51. The van der Waals surface area contributed by atoms with E-state index >= 15 is 0 Å². The SMILES string of the molecule is CC(C)(C)OC(=O)N1CCN(CCNC(=O)C(c2ccccc2)n2cccn2)CC1. The van der Waals surface area contributed by atoms with Crippen LogP contribution >= 0.6 is 0 Å². The maximum atomic E-state index is 12.9. The Morgan fingerprint density at radius 2 is 1.80 bits per heavy atom. The van der Waals surface area contributed by atoms with Gasteiger partial charge in [0.15, 0.2) is 6.04 Å². The second kappa shape index (κ2) is 9.75. The third-order valence-electron chi connectivity index (χ3n) is 4.90. The van der Waals surface area contributed by atoms with E-state index in [0.717, 1.165) is 25.2 Å². The number of rotatable bonds is 6. The number of carbonyl (C=O) groups is 2. The average molecular weight is 414 g/mol. The molecule has 30 heavy (non-hydrogen) atoms. The van der Waals surface area contributed by atoms with E-state index in [4.69, 9.17) is 4.74 Å². The largest absolute Gasteiger partial charge is 0.444 e. The van der Waals surface area contributed by atoms with Gasteiger partial charge in [0.05, 0.1) is 0 Å². The molecule has 0 spiro atoms. The zero-order chi connectivity index (χ0) is 21.6. The summed E-state index contributed by atoms with van der Waals surface area (Å²) in [5.74, 6) is -0.0858. The second-order valence-corrected chi connectivity index (χ2v) is 8.40. The van der Waals surface area contributed by atoms with Gasteiger partial charge >= 0.3 is 6.09 Å². The molecule has 1 aromatic heterocycles. The second-order valence-electron chi connectivity index (χ2n) is 8.40. The minimum atomic E-state index is -0.495. The number of amides is 2. The molecule has 0 saturated carbocycles. The van der Waals surface area contributed by atoms with Gasteiger partial charge in [-0.05, 0) is 32.4 Å². The summed E-state index contributed by atoms with van der Waals surface area (Å²) in [5, 5.41) is 7.29. The molecular weight excluding hydrogens is 382 g/mol. The van der Waals surface area contributed by atoms with Gasteiger partial charge in [0.1, 0.15) is 5.60 Å². The molecule has 2 aromatic rings. The number of aromatic nitrogens is 2. The third kappa shape index (κ3) is 6.06. The van der Waals surface area contributed by atoms with Crippen molar-refractivity contribution in [2.24, 2.45) is 0 Å². The first-order valence-corrected chi connectivity index (χ1v) is 10.4. The quantitative estimate of drug-likeness (QED) is 0.785. The van der Waals surface area contributed by atoms with E-state index in [-0.39, 0.29) is 12.0 Å². The van der Waals surface area contributed by atoms with Gasteiger partial charge in [-0.15, -0.1) is 0 Å². The van der Waals surface area contributed by atoms with Crippen LogP contribution in [-0.4, -0.2) is 76.5 Å². The van der Waals surface area contributed by atoms with Gasteiger partial charge < -0.3 is 15.0 Å². The third-order valence-corrected chi connectivity index (χ3v) is 4.90.